The fourth-order valence-corrected chi connectivity index (χ4v) is 1.71. The summed E-state index contributed by atoms with van der Waals surface area (Å²) in [5.41, 5.74) is 3.94. The Bertz CT molecular complexity index is 382. The van der Waals surface area contributed by atoms with E-state index >= 15 is 0 Å². The zero-order valence-electron chi connectivity index (χ0n) is 9.33. The van der Waals surface area contributed by atoms with Gasteiger partial charge in [-0.25, -0.2) is 0 Å². The SMILES string of the molecule is CC(C)c1ccc(C2=CNCC=C2)cc1. The van der Waals surface area contributed by atoms with Gasteiger partial charge in [0.25, 0.3) is 0 Å². The normalized spacial score (nSPS) is 15.0. The predicted octanol–water partition coefficient (Wildman–Crippen LogP) is 3.31. The van der Waals surface area contributed by atoms with Crippen molar-refractivity contribution in [3.8, 4) is 0 Å². The number of hydrogen-bond acceptors (Lipinski definition) is 1. The van der Waals surface area contributed by atoms with Gasteiger partial charge in [0, 0.05) is 12.7 Å². The minimum absolute atomic E-state index is 0.605. The van der Waals surface area contributed by atoms with Crippen LogP contribution in [0.3, 0.4) is 0 Å². The van der Waals surface area contributed by atoms with Gasteiger partial charge in [0.05, 0.1) is 0 Å². The van der Waals surface area contributed by atoms with Crippen LogP contribution in [-0.4, -0.2) is 6.54 Å². The molecular weight excluding hydrogens is 182 g/mol. The fraction of sp³-hybridized carbons (Fsp3) is 0.286. The lowest BCUT2D eigenvalue weighted by molar-refractivity contribution is 0.866. The van der Waals surface area contributed by atoms with E-state index in [4.69, 9.17) is 0 Å². The van der Waals surface area contributed by atoms with Crippen molar-refractivity contribution in [2.45, 2.75) is 19.8 Å². The van der Waals surface area contributed by atoms with Crippen LogP contribution in [0, 0.1) is 0 Å². The Morgan fingerprint density at radius 3 is 2.40 bits per heavy atom. The summed E-state index contributed by atoms with van der Waals surface area (Å²) in [6.07, 6.45) is 6.39. The average Bonchev–Trinajstić information content (AvgIpc) is 2.30. The first kappa shape index (κ1) is 10.0. The zero-order chi connectivity index (χ0) is 10.7. The molecule has 1 aromatic rings. The smallest absolute Gasteiger partial charge is 0.0328 e. The van der Waals surface area contributed by atoms with Gasteiger partial charge in [0.2, 0.25) is 0 Å². The Balaban J connectivity index is 2.23. The van der Waals surface area contributed by atoms with Gasteiger partial charge in [-0.3, -0.25) is 0 Å². The van der Waals surface area contributed by atoms with Gasteiger partial charge in [0.1, 0.15) is 0 Å². The summed E-state index contributed by atoms with van der Waals surface area (Å²) >= 11 is 0. The van der Waals surface area contributed by atoms with Crippen LogP contribution in [0.25, 0.3) is 5.57 Å². The molecule has 0 amide bonds. The summed E-state index contributed by atoms with van der Waals surface area (Å²) in [6, 6.07) is 8.81. The van der Waals surface area contributed by atoms with Crippen molar-refractivity contribution >= 4 is 5.57 Å². The van der Waals surface area contributed by atoms with Crippen molar-refractivity contribution in [3.05, 3.63) is 53.7 Å². The summed E-state index contributed by atoms with van der Waals surface area (Å²) in [5, 5.41) is 3.22. The van der Waals surface area contributed by atoms with Crippen LogP contribution in [0.4, 0.5) is 0 Å². The highest BCUT2D eigenvalue weighted by Crippen LogP contribution is 2.20. The highest BCUT2D eigenvalue weighted by atomic mass is 14.8. The van der Waals surface area contributed by atoms with E-state index in [0.29, 0.717) is 5.92 Å². The van der Waals surface area contributed by atoms with Crippen molar-refractivity contribution in [1.82, 2.24) is 5.32 Å². The molecular formula is C14H17N. The second kappa shape index (κ2) is 4.35. The molecule has 2 rings (SSSR count). The summed E-state index contributed by atoms with van der Waals surface area (Å²) in [5.74, 6) is 0.605. The molecule has 1 aliphatic heterocycles. The quantitative estimate of drug-likeness (QED) is 0.770. The van der Waals surface area contributed by atoms with Crippen molar-refractivity contribution in [1.29, 1.82) is 0 Å². The second-order valence-corrected chi connectivity index (χ2v) is 4.19. The molecule has 1 aliphatic rings. The Labute approximate surface area is 91.5 Å². The lowest BCUT2D eigenvalue weighted by Crippen LogP contribution is -2.08. The van der Waals surface area contributed by atoms with Gasteiger partial charge < -0.3 is 5.32 Å². The first-order chi connectivity index (χ1) is 7.27. The molecule has 0 bridgehead atoms. The number of nitrogens with one attached hydrogen (secondary N) is 1. The first-order valence-corrected chi connectivity index (χ1v) is 5.48. The molecule has 0 saturated heterocycles. The third-order valence-electron chi connectivity index (χ3n) is 2.70. The molecule has 78 valence electrons. The van der Waals surface area contributed by atoms with Crippen LogP contribution in [0.2, 0.25) is 0 Å². The van der Waals surface area contributed by atoms with Crippen LogP contribution in [0.15, 0.2) is 42.6 Å². The molecule has 0 atom stereocenters. The van der Waals surface area contributed by atoms with Crippen LogP contribution in [0.5, 0.6) is 0 Å². The predicted molar refractivity (Wildman–Crippen MR) is 65.7 cm³/mol. The molecule has 15 heavy (non-hydrogen) atoms. The molecule has 0 spiro atoms. The van der Waals surface area contributed by atoms with Gasteiger partial charge in [-0.1, -0.05) is 50.3 Å². The fourth-order valence-electron chi connectivity index (χ4n) is 1.71. The first-order valence-electron chi connectivity index (χ1n) is 5.48. The Morgan fingerprint density at radius 1 is 1.13 bits per heavy atom. The third kappa shape index (κ3) is 2.30. The van der Waals surface area contributed by atoms with Crippen LogP contribution in [0.1, 0.15) is 30.9 Å². The molecule has 1 heteroatoms. The average molecular weight is 199 g/mol. The van der Waals surface area contributed by atoms with Crippen molar-refractivity contribution in [2.24, 2.45) is 0 Å². The number of allylic oxidation sites excluding steroid dienone is 2. The number of hydrogen-bond donors (Lipinski definition) is 1. The van der Waals surface area contributed by atoms with E-state index in [-0.39, 0.29) is 0 Å². The van der Waals surface area contributed by atoms with Crippen molar-refractivity contribution in [2.75, 3.05) is 6.54 Å². The van der Waals surface area contributed by atoms with E-state index in [1.807, 2.05) is 0 Å². The molecule has 1 aromatic carbocycles. The van der Waals surface area contributed by atoms with Gasteiger partial charge in [-0.2, -0.15) is 0 Å². The highest BCUT2D eigenvalue weighted by Gasteiger charge is 2.02. The van der Waals surface area contributed by atoms with E-state index in [9.17, 15) is 0 Å². The monoisotopic (exact) mass is 199 g/mol. The van der Waals surface area contributed by atoms with E-state index in [1.54, 1.807) is 0 Å². The highest BCUT2D eigenvalue weighted by molar-refractivity contribution is 5.74. The lowest BCUT2D eigenvalue weighted by atomic mass is 9.98. The van der Waals surface area contributed by atoms with E-state index in [0.717, 1.165) is 6.54 Å². The van der Waals surface area contributed by atoms with Crippen LogP contribution in [-0.2, 0) is 0 Å². The standard InChI is InChI=1S/C14H17N/c1-11(2)12-5-7-13(8-6-12)14-4-3-9-15-10-14/h3-8,10-11,15H,9H2,1-2H3. The lowest BCUT2D eigenvalue weighted by Gasteiger charge is -2.10. The van der Waals surface area contributed by atoms with Crippen LogP contribution < -0.4 is 5.32 Å². The second-order valence-electron chi connectivity index (χ2n) is 4.19. The summed E-state index contributed by atoms with van der Waals surface area (Å²) in [7, 11) is 0. The maximum Gasteiger partial charge on any atom is 0.0328 e. The maximum absolute atomic E-state index is 3.22. The Morgan fingerprint density at radius 2 is 1.87 bits per heavy atom. The summed E-state index contributed by atoms with van der Waals surface area (Å²) < 4.78 is 0. The van der Waals surface area contributed by atoms with Gasteiger partial charge in [-0.05, 0) is 22.6 Å². The maximum atomic E-state index is 3.22. The number of rotatable bonds is 2. The zero-order valence-corrected chi connectivity index (χ0v) is 9.33. The number of benzene rings is 1. The summed E-state index contributed by atoms with van der Waals surface area (Å²) in [6.45, 7) is 5.38. The molecule has 0 aliphatic carbocycles. The molecule has 0 aromatic heterocycles. The Kier molecular flexibility index (Phi) is 2.91. The van der Waals surface area contributed by atoms with Gasteiger partial charge >= 0.3 is 0 Å². The molecule has 0 radical (unpaired) electrons. The van der Waals surface area contributed by atoms with Crippen molar-refractivity contribution in [3.63, 3.8) is 0 Å². The molecule has 0 unspecified atom stereocenters. The minimum Gasteiger partial charge on any atom is -0.387 e. The van der Waals surface area contributed by atoms with Crippen molar-refractivity contribution < 1.29 is 0 Å². The number of dihydropyridines is 1. The molecule has 0 saturated carbocycles. The van der Waals surface area contributed by atoms with E-state index in [2.05, 4.69) is 61.8 Å². The molecule has 0 fully saturated rings. The van der Waals surface area contributed by atoms with E-state index < -0.39 is 0 Å². The topological polar surface area (TPSA) is 12.0 Å². The minimum atomic E-state index is 0.605. The van der Waals surface area contributed by atoms with Crippen LogP contribution >= 0.6 is 0 Å². The van der Waals surface area contributed by atoms with Gasteiger partial charge in [-0.15, -0.1) is 0 Å². The molecule has 1 nitrogen and oxygen atoms in total. The van der Waals surface area contributed by atoms with Gasteiger partial charge in [0.15, 0.2) is 0 Å². The van der Waals surface area contributed by atoms with E-state index in [1.165, 1.54) is 16.7 Å². The largest absolute Gasteiger partial charge is 0.387 e. The summed E-state index contributed by atoms with van der Waals surface area (Å²) in [4.78, 5) is 0. The Hall–Kier alpha value is -1.50. The third-order valence-corrected chi connectivity index (χ3v) is 2.70. The molecule has 1 N–H and O–H groups in total. The molecule has 1 heterocycles.